The Kier molecular flexibility index (Phi) is 8.33. The fourth-order valence-electron chi connectivity index (χ4n) is 0.898. The van der Waals surface area contributed by atoms with Gasteiger partial charge in [0.1, 0.15) is 0 Å². The molecule has 3 heteroatoms. The second-order valence-electron chi connectivity index (χ2n) is 3.84. The number of carbonyl (C=O) groups is 1. The molecule has 0 saturated heterocycles. The molecule has 0 aliphatic rings. The highest BCUT2D eigenvalue weighted by molar-refractivity contribution is 5.94. The third-order valence-electron chi connectivity index (χ3n) is 2.15. The summed E-state index contributed by atoms with van der Waals surface area (Å²) in [7, 11) is 0. The Balaban J connectivity index is 0. The molecule has 0 fully saturated rings. The second kappa shape index (κ2) is 7.50. The van der Waals surface area contributed by atoms with Crippen LogP contribution in [0.25, 0.3) is 0 Å². The smallest absolute Gasteiger partial charge is 0.159 e. The maximum Gasteiger partial charge on any atom is 0.159 e. The molecule has 0 aliphatic heterocycles. The number of hydrogen-bond donors (Lipinski definition) is 1. The van der Waals surface area contributed by atoms with E-state index in [4.69, 9.17) is 6.42 Å². The molecule has 15 heavy (non-hydrogen) atoms. The highest BCUT2D eigenvalue weighted by Crippen LogP contribution is 2.01. The third kappa shape index (κ3) is 7.18. The highest BCUT2D eigenvalue weighted by Gasteiger charge is 2.12. The Hall–Kier alpha value is -0.780. The van der Waals surface area contributed by atoms with Gasteiger partial charge in [0.05, 0.1) is 5.54 Å². The second-order valence-corrected chi connectivity index (χ2v) is 3.84. The Morgan fingerprint density at radius 1 is 1.53 bits per heavy atom. The van der Waals surface area contributed by atoms with Crippen LogP contribution in [0.1, 0.15) is 34.1 Å². The fraction of sp³-hybridized carbons (Fsp3) is 0.583. The van der Waals surface area contributed by atoms with Crippen molar-refractivity contribution in [2.24, 2.45) is 0 Å². The number of halogens is 1. The molecule has 0 aromatic carbocycles. The summed E-state index contributed by atoms with van der Waals surface area (Å²) in [5.74, 6) is 2.80. The van der Waals surface area contributed by atoms with Crippen LogP contribution in [0.15, 0.2) is 11.6 Å². The van der Waals surface area contributed by atoms with E-state index in [9.17, 15) is 4.79 Å². The van der Waals surface area contributed by atoms with Gasteiger partial charge in [0, 0.05) is 13.0 Å². The third-order valence-corrected chi connectivity index (χ3v) is 2.15. The minimum Gasteiger partial charge on any atom is -0.301 e. The average molecular weight is 230 g/mol. The molecule has 0 aromatic rings. The van der Waals surface area contributed by atoms with E-state index in [1.807, 2.05) is 33.8 Å². The van der Waals surface area contributed by atoms with E-state index >= 15 is 0 Å². The van der Waals surface area contributed by atoms with E-state index in [-0.39, 0.29) is 23.7 Å². The molecule has 1 N–H and O–H groups in total. The zero-order valence-electron chi connectivity index (χ0n) is 9.89. The lowest BCUT2D eigenvalue weighted by molar-refractivity contribution is -0.115. The maximum atomic E-state index is 11.4. The summed E-state index contributed by atoms with van der Waals surface area (Å²) in [5.41, 5.74) is 0.481. The number of terminal acetylenes is 1. The molecule has 0 aliphatic carbocycles. The molecule has 2 nitrogen and oxygen atoms in total. The molecule has 0 saturated carbocycles. The van der Waals surface area contributed by atoms with Gasteiger partial charge >= 0.3 is 0 Å². The van der Waals surface area contributed by atoms with E-state index in [0.717, 1.165) is 5.57 Å². The summed E-state index contributed by atoms with van der Waals surface area (Å²) in [6.07, 6.45) is 7.63. The van der Waals surface area contributed by atoms with E-state index in [0.29, 0.717) is 13.0 Å². The molecule has 0 unspecified atom stereocenters. The number of nitrogens with one attached hydrogen (secondary N) is 1. The summed E-state index contributed by atoms with van der Waals surface area (Å²) in [6, 6.07) is 0. The largest absolute Gasteiger partial charge is 0.301 e. The lowest BCUT2D eigenvalue weighted by Gasteiger charge is -2.19. The first-order valence-corrected chi connectivity index (χ1v) is 4.82. The van der Waals surface area contributed by atoms with Crippen LogP contribution < -0.4 is 5.32 Å². The number of allylic oxidation sites excluding steroid dienone is 2. The molecule has 86 valence electrons. The van der Waals surface area contributed by atoms with Crippen molar-refractivity contribution in [3.63, 3.8) is 0 Å². The molecule has 0 spiro atoms. The van der Waals surface area contributed by atoms with Crippen molar-refractivity contribution in [2.45, 2.75) is 39.7 Å². The summed E-state index contributed by atoms with van der Waals surface area (Å²) in [6.45, 7) is 8.15. The van der Waals surface area contributed by atoms with Gasteiger partial charge in [-0.1, -0.05) is 12.0 Å². The van der Waals surface area contributed by atoms with Crippen molar-refractivity contribution < 1.29 is 4.79 Å². The maximum absolute atomic E-state index is 11.4. The fourth-order valence-corrected chi connectivity index (χ4v) is 0.898. The van der Waals surface area contributed by atoms with Crippen LogP contribution in [0, 0.1) is 12.3 Å². The van der Waals surface area contributed by atoms with Gasteiger partial charge in [0.2, 0.25) is 0 Å². The van der Waals surface area contributed by atoms with Gasteiger partial charge in [-0.25, -0.2) is 0 Å². The Bertz CT molecular complexity index is 274. The van der Waals surface area contributed by atoms with Crippen molar-refractivity contribution in [1.29, 1.82) is 0 Å². The summed E-state index contributed by atoms with van der Waals surface area (Å²) in [5, 5.41) is 3.13. The average Bonchev–Trinajstić information content (AvgIpc) is 2.16. The van der Waals surface area contributed by atoms with Crippen LogP contribution in [-0.4, -0.2) is 17.9 Å². The van der Waals surface area contributed by atoms with Crippen molar-refractivity contribution in [1.82, 2.24) is 5.32 Å². The van der Waals surface area contributed by atoms with Crippen molar-refractivity contribution >= 4 is 18.2 Å². The normalized spacial score (nSPS) is 11.5. The summed E-state index contributed by atoms with van der Waals surface area (Å²) < 4.78 is 0. The van der Waals surface area contributed by atoms with Gasteiger partial charge in [-0.3, -0.25) is 4.79 Å². The van der Waals surface area contributed by atoms with E-state index in [1.54, 1.807) is 0 Å². The predicted molar refractivity (Wildman–Crippen MR) is 67.2 cm³/mol. The number of ketones is 1. The van der Waals surface area contributed by atoms with Gasteiger partial charge in [-0.05, 0) is 33.3 Å². The van der Waals surface area contributed by atoms with Crippen molar-refractivity contribution in [3.05, 3.63) is 11.6 Å². The molecular weight excluding hydrogens is 210 g/mol. The van der Waals surface area contributed by atoms with Crippen LogP contribution in [0.2, 0.25) is 0 Å². The van der Waals surface area contributed by atoms with Crippen LogP contribution >= 0.6 is 12.4 Å². The molecule has 0 radical (unpaired) electrons. The minimum atomic E-state index is -0.329. The summed E-state index contributed by atoms with van der Waals surface area (Å²) >= 11 is 0. The SMILES string of the molecule is C#CC(C)(C)NCCC(=O)C(C)=CC.Cl. The zero-order chi connectivity index (χ0) is 11.2. The molecular formula is C12H20ClNO. The van der Waals surface area contributed by atoms with Crippen LogP contribution in [0.3, 0.4) is 0 Å². The van der Waals surface area contributed by atoms with E-state index < -0.39 is 0 Å². The molecule has 0 heterocycles. The number of carbonyl (C=O) groups excluding carboxylic acids is 1. The standard InChI is InChI=1S/C12H19NO.ClH/c1-6-10(3)11(14)8-9-13-12(4,5)7-2;/h2,6,13H,8-9H2,1,3-5H3;1H. The van der Waals surface area contributed by atoms with Crippen LogP contribution in [0.5, 0.6) is 0 Å². The first-order valence-electron chi connectivity index (χ1n) is 4.82. The predicted octanol–water partition coefficient (Wildman–Crippen LogP) is 2.34. The Morgan fingerprint density at radius 3 is 2.47 bits per heavy atom. The molecule has 0 rings (SSSR count). The Labute approximate surface area is 98.9 Å². The lowest BCUT2D eigenvalue weighted by atomic mass is 10.1. The zero-order valence-corrected chi connectivity index (χ0v) is 10.7. The summed E-state index contributed by atoms with van der Waals surface area (Å²) in [4.78, 5) is 11.4. The van der Waals surface area contributed by atoms with Gasteiger partial charge in [0.25, 0.3) is 0 Å². The van der Waals surface area contributed by atoms with Crippen molar-refractivity contribution in [3.8, 4) is 12.3 Å². The molecule has 0 atom stereocenters. The topological polar surface area (TPSA) is 29.1 Å². The Morgan fingerprint density at radius 2 is 2.07 bits per heavy atom. The number of rotatable bonds is 5. The van der Waals surface area contributed by atoms with Gasteiger partial charge in [-0.2, -0.15) is 0 Å². The molecule has 0 aromatic heterocycles. The quantitative estimate of drug-likeness (QED) is 0.579. The monoisotopic (exact) mass is 229 g/mol. The lowest BCUT2D eigenvalue weighted by Crippen LogP contribution is -2.38. The van der Waals surface area contributed by atoms with E-state index in [2.05, 4.69) is 11.2 Å². The molecule has 0 amide bonds. The van der Waals surface area contributed by atoms with Gasteiger partial charge in [0.15, 0.2) is 5.78 Å². The molecule has 0 bridgehead atoms. The van der Waals surface area contributed by atoms with Crippen LogP contribution in [-0.2, 0) is 4.79 Å². The minimum absolute atomic E-state index is 0. The van der Waals surface area contributed by atoms with Gasteiger partial charge in [-0.15, -0.1) is 18.8 Å². The van der Waals surface area contributed by atoms with E-state index in [1.165, 1.54) is 0 Å². The van der Waals surface area contributed by atoms with Gasteiger partial charge < -0.3 is 5.32 Å². The van der Waals surface area contributed by atoms with Crippen LogP contribution in [0.4, 0.5) is 0 Å². The van der Waals surface area contributed by atoms with Crippen molar-refractivity contribution in [2.75, 3.05) is 6.54 Å². The number of hydrogen-bond acceptors (Lipinski definition) is 2. The first kappa shape index (κ1) is 16.6. The highest BCUT2D eigenvalue weighted by atomic mass is 35.5. The first-order chi connectivity index (χ1) is 6.43. The number of Topliss-reactive ketones (excluding diaryl/α,β-unsaturated/α-hetero) is 1.